The number of carboxylic acid groups (broad SMARTS) is 1. The summed E-state index contributed by atoms with van der Waals surface area (Å²) in [5.41, 5.74) is 0.765. The van der Waals surface area contributed by atoms with Gasteiger partial charge in [-0.15, -0.1) is 0 Å². The summed E-state index contributed by atoms with van der Waals surface area (Å²) in [4.78, 5) is 24.1. The van der Waals surface area contributed by atoms with Crippen molar-refractivity contribution in [3.05, 3.63) is 34.6 Å². The summed E-state index contributed by atoms with van der Waals surface area (Å²) in [5.74, 6) is -0.988. The first-order chi connectivity index (χ1) is 9.56. The van der Waals surface area contributed by atoms with Crippen molar-refractivity contribution in [2.24, 2.45) is 0 Å². The zero-order valence-corrected chi connectivity index (χ0v) is 10.6. The van der Waals surface area contributed by atoms with Gasteiger partial charge in [-0.1, -0.05) is 0 Å². The summed E-state index contributed by atoms with van der Waals surface area (Å²) in [6.45, 7) is 0.751. The number of fused-ring (bicyclic) bond motifs is 1. The number of piperidine rings is 1. The Morgan fingerprint density at radius 2 is 2.05 bits per heavy atom. The molecule has 0 saturated carbocycles. The Morgan fingerprint density at radius 1 is 1.35 bits per heavy atom. The molecule has 0 unspecified atom stereocenters. The maximum Gasteiger partial charge on any atom is 0.420 e. The number of benzene rings is 1. The summed E-state index contributed by atoms with van der Waals surface area (Å²) in [6, 6.07) is 3.85. The molecule has 1 N–H and O–H groups in total. The molecule has 0 spiro atoms. The summed E-state index contributed by atoms with van der Waals surface area (Å²) < 4.78 is 19.7. The van der Waals surface area contributed by atoms with Gasteiger partial charge in [-0.2, -0.15) is 0 Å². The van der Waals surface area contributed by atoms with Gasteiger partial charge < -0.3 is 14.4 Å². The molecule has 1 aromatic carbocycles. The zero-order chi connectivity index (χ0) is 14.3. The van der Waals surface area contributed by atoms with Crippen molar-refractivity contribution in [3.8, 4) is 0 Å². The van der Waals surface area contributed by atoms with Crippen molar-refractivity contribution in [2.75, 3.05) is 13.1 Å². The molecule has 7 heteroatoms. The number of rotatable bonds is 1. The monoisotopic (exact) mass is 280 g/mol. The first kappa shape index (κ1) is 12.7. The number of hydrogen-bond acceptors (Lipinski definition) is 3. The molecule has 0 aliphatic carbocycles. The fourth-order valence-corrected chi connectivity index (χ4v) is 2.67. The molecule has 1 aliphatic rings. The van der Waals surface area contributed by atoms with Crippen LogP contribution in [0, 0.1) is 5.82 Å². The Labute approximate surface area is 113 Å². The Morgan fingerprint density at radius 3 is 2.70 bits per heavy atom. The minimum atomic E-state index is -0.949. The number of oxazole rings is 1. The average Bonchev–Trinajstić information content (AvgIpc) is 2.73. The second-order valence-electron chi connectivity index (χ2n) is 4.85. The number of amides is 1. The maximum absolute atomic E-state index is 13.1. The SMILES string of the molecule is O=C(O)N1CCC(n2c(=O)oc3cc(F)ccc32)CC1. The zero-order valence-electron chi connectivity index (χ0n) is 10.6. The van der Waals surface area contributed by atoms with Gasteiger partial charge in [0.1, 0.15) is 5.82 Å². The van der Waals surface area contributed by atoms with Crippen LogP contribution in [0.5, 0.6) is 0 Å². The molecular formula is C13H13FN2O4. The lowest BCUT2D eigenvalue weighted by molar-refractivity contribution is 0.125. The van der Waals surface area contributed by atoms with Crippen LogP contribution in [-0.2, 0) is 0 Å². The molecule has 106 valence electrons. The number of likely N-dealkylation sites (tertiary alicyclic amines) is 1. The largest absolute Gasteiger partial charge is 0.465 e. The molecule has 0 atom stereocenters. The minimum absolute atomic E-state index is 0.121. The third-order valence-corrected chi connectivity index (χ3v) is 3.68. The Kier molecular flexibility index (Phi) is 2.96. The standard InChI is InChI=1S/C13H13FN2O4/c14-8-1-2-10-11(7-8)20-13(19)16(10)9-3-5-15(6-4-9)12(17)18/h1-2,7,9H,3-6H2,(H,17,18). The predicted molar refractivity (Wildman–Crippen MR) is 68.3 cm³/mol. The van der Waals surface area contributed by atoms with E-state index in [-0.39, 0.29) is 11.6 Å². The molecule has 1 amide bonds. The number of halogens is 1. The van der Waals surface area contributed by atoms with Crippen molar-refractivity contribution in [2.45, 2.75) is 18.9 Å². The van der Waals surface area contributed by atoms with Crippen molar-refractivity contribution in [3.63, 3.8) is 0 Å². The van der Waals surface area contributed by atoms with E-state index in [0.717, 1.165) is 0 Å². The van der Waals surface area contributed by atoms with Crippen LogP contribution >= 0.6 is 0 Å². The molecule has 0 bridgehead atoms. The highest BCUT2D eigenvalue weighted by molar-refractivity contribution is 5.73. The first-order valence-electron chi connectivity index (χ1n) is 6.35. The van der Waals surface area contributed by atoms with Gasteiger partial charge in [-0.05, 0) is 25.0 Å². The molecule has 0 radical (unpaired) electrons. The van der Waals surface area contributed by atoms with Gasteiger partial charge in [-0.25, -0.2) is 14.0 Å². The number of nitrogens with zero attached hydrogens (tertiary/aromatic N) is 2. The lowest BCUT2D eigenvalue weighted by Gasteiger charge is -2.30. The second kappa shape index (κ2) is 4.66. The van der Waals surface area contributed by atoms with E-state index < -0.39 is 17.7 Å². The summed E-state index contributed by atoms with van der Waals surface area (Å²) in [5, 5.41) is 8.91. The molecular weight excluding hydrogens is 267 g/mol. The van der Waals surface area contributed by atoms with Crippen LogP contribution in [0.2, 0.25) is 0 Å². The van der Waals surface area contributed by atoms with Crippen molar-refractivity contribution < 1.29 is 18.7 Å². The lowest BCUT2D eigenvalue weighted by atomic mass is 10.0. The molecule has 2 aromatic rings. The molecule has 6 nitrogen and oxygen atoms in total. The third kappa shape index (κ3) is 2.04. The van der Waals surface area contributed by atoms with Gasteiger partial charge in [0.25, 0.3) is 0 Å². The van der Waals surface area contributed by atoms with Crippen LogP contribution < -0.4 is 5.76 Å². The van der Waals surface area contributed by atoms with Crippen LogP contribution in [0.3, 0.4) is 0 Å². The summed E-state index contributed by atoms with van der Waals surface area (Å²) >= 11 is 0. The molecule has 1 saturated heterocycles. The van der Waals surface area contributed by atoms with Crippen LogP contribution in [0.4, 0.5) is 9.18 Å². The summed E-state index contributed by atoms with van der Waals surface area (Å²) in [6.07, 6.45) is 0.131. The number of hydrogen-bond donors (Lipinski definition) is 1. The highest BCUT2D eigenvalue weighted by Crippen LogP contribution is 2.26. The second-order valence-corrected chi connectivity index (χ2v) is 4.85. The molecule has 20 heavy (non-hydrogen) atoms. The molecule has 3 rings (SSSR count). The number of aromatic nitrogens is 1. The smallest absolute Gasteiger partial charge is 0.420 e. The third-order valence-electron chi connectivity index (χ3n) is 3.68. The molecule has 1 fully saturated rings. The highest BCUT2D eigenvalue weighted by atomic mass is 19.1. The van der Waals surface area contributed by atoms with Crippen molar-refractivity contribution in [1.29, 1.82) is 0 Å². The van der Waals surface area contributed by atoms with E-state index in [1.165, 1.54) is 27.7 Å². The first-order valence-corrected chi connectivity index (χ1v) is 6.35. The lowest BCUT2D eigenvalue weighted by Crippen LogP contribution is -2.39. The van der Waals surface area contributed by atoms with E-state index >= 15 is 0 Å². The van der Waals surface area contributed by atoms with Gasteiger partial charge in [0, 0.05) is 25.2 Å². The van der Waals surface area contributed by atoms with E-state index in [1.807, 2.05) is 0 Å². The predicted octanol–water partition coefficient (Wildman–Crippen LogP) is 2.05. The van der Waals surface area contributed by atoms with E-state index in [0.29, 0.717) is 31.4 Å². The van der Waals surface area contributed by atoms with E-state index in [9.17, 15) is 14.0 Å². The molecule has 2 heterocycles. The Bertz CT molecular complexity index is 713. The van der Waals surface area contributed by atoms with E-state index in [1.54, 1.807) is 0 Å². The maximum atomic E-state index is 13.1. The van der Waals surface area contributed by atoms with Crippen molar-refractivity contribution >= 4 is 17.2 Å². The Balaban J connectivity index is 1.93. The fourth-order valence-electron chi connectivity index (χ4n) is 2.67. The van der Waals surface area contributed by atoms with Gasteiger partial charge in [-0.3, -0.25) is 4.57 Å². The molecule has 1 aromatic heterocycles. The molecule has 1 aliphatic heterocycles. The van der Waals surface area contributed by atoms with Crippen LogP contribution in [0.25, 0.3) is 11.1 Å². The van der Waals surface area contributed by atoms with E-state index in [4.69, 9.17) is 9.52 Å². The van der Waals surface area contributed by atoms with Crippen LogP contribution in [0.1, 0.15) is 18.9 Å². The normalized spacial score (nSPS) is 16.8. The average molecular weight is 280 g/mol. The van der Waals surface area contributed by atoms with Gasteiger partial charge in [0.2, 0.25) is 0 Å². The van der Waals surface area contributed by atoms with Gasteiger partial charge in [0.05, 0.1) is 5.52 Å². The van der Waals surface area contributed by atoms with Gasteiger partial charge >= 0.3 is 11.8 Å². The van der Waals surface area contributed by atoms with Gasteiger partial charge in [0.15, 0.2) is 5.58 Å². The topological polar surface area (TPSA) is 75.7 Å². The minimum Gasteiger partial charge on any atom is -0.465 e. The van der Waals surface area contributed by atoms with Crippen LogP contribution in [-0.4, -0.2) is 33.8 Å². The van der Waals surface area contributed by atoms with E-state index in [2.05, 4.69) is 0 Å². The van der Waals surface area contributed by atoms with Crippen molar-refractivity contribution in [1.82, 2.24) is 9.47 Å². The number of carbonyl (C=O) groups is 1. The van der Waals surface area contributed by atoms with Crippen LogP contribution in [0.15, 0.2) is 27.4 Å². The quantitative estimate of drug-likeness (QED) is 0.867. The fraction of sp³-hybridized carbons (Fsp3) is 0.385. The Hall–Kier alpha value is -2.31. The highest BCUT2D eigenvalue weighted by Gasteiger charge is 2.26. The summed E-state index contributed by atoms with van der Waals surface area (Å²) in [7, 11) is 0.